The summed E-state index contributed by atoms with van der Waals surface area (Å²) >= 11 is 0. The second-order valence-corrected chi connectivity index (χ2v) is 4.14. The predicted molar refractivity (Wildman–Crippen MR) is 52.7 cm³/mol. The van der Waals surface area contributed by atoms with Gasteiger partial charge >= 0.3 is 0 Å². The number of rotatable bonds is 4. The van der Waals surface area contributed by atoms with E-state index in [0.29, 0.717) is 25.2 Å². The van der Waals surface area contributed by atoms with Crippen molar-refractivity contribution in [2.45, 2.75) is 45.4 Å². The molecule has 1 fully saturated rings. The van der Waals surface area contributed by atoms with Gasteiger partial charge in [0.1, 0.15) is 0 Å². The van der Waals surface area contributed by atoms with Gasteiger partial charge in [0.05, 0.1) is 25.4 Å². The largest absolute Gasteiger partial charge is 0.389 e. The minimum Gasteiger partial charge on any atom is -0.389 e. The number of aliphatic hydroxyl groups excluding tert-OH is 1. The van der Waals surface area contributed by atoms with Crippen molar-refractivity contribution in [3.05, 3.63) is 0 Å². The van der Waals surface area contributed by atoms with E-state index in [1.54, 1.807) is 0 Å². The molecular weight excluding hydrogens is 166 g/mol. The average molecular weight is 187 g/mol. The third-order valence-electron chi connectivity index (χ3n) is 2.72. The molecule has 13 heavy (non-hydrogen) atoms. The molecule has 0 aromatic rings. The first-order valence-electron chi connectivity index (χ1n) is 5.17. The van der Waals surface area contributed by atoms with Gasteiger partial charge in [-0.05, 0) is 12.3 Å². The SMILES string of the molecule is CCC(NC1COCC1O)C(C)C. The highest BCUT2D eigenvalue weighted by molar-refractivity contribution is 4.84. The molecule has 3 nitrogen and oxygen atoms in total. The Morgan fingerprint density at radius 1 is 1.46 bits per heavy atom. The summed E-state index contributed by atoms with van der Waals surface area (Å²) in [7, 11) is 0. The molecule has 1 saturated heterocycles. The van der Waals surface area contributed by atoms with E-state index in [9.17, 15) is 5.11 Å². The zero-order valence-electron chi connectivity index (χ0n) is 8.79. The first-order valence-corrected chi connectivity index (χ1v) is 5.17. The highest BCUT2D eigenvalue weighted by Gasteiger charge is 2.28. The number of hydrogen-bond acceptors (Lipinski definition) is 3. The first kappa shape index (κ1) is 11.0. The highest BCUT2D eigenvalue weighted by Crippen LogP contribution is 2.11. The van der Waals surface area contributed by atoms with E-state index in [0.717, 1.165) is 6.42 Å². The third kappa shape index (κ3) is 2.93. The van der Waals surface area contributed by atoms with E-state index in [2.05, 4.69) is 26.1 Å². The maximum absolute atomic E-state index is 9.53. The minimum atomic E-state index is -0.326. The molecule has 0 radical (unpaired) electrons. The van der Waals surface area contributed by atoms with Crippen LogP contribution in [0.5, 0.6) is 0 Å². The smallest absolute Gasteiger partial charge is 0.0948 e. The molecule has 0 spiro atoms. The molecule has 0 amide bonds. The van der Waals surface area contributed by atoms with E-state index in [1.807, 2.05) is 0 Å². The molecule has 2 N–H and O–H groups in total. The van der Waals surface area contributed by atoms with Crippen LogP contribution in [0.3, 0.4) is 0 Å². The van der Waals surface area contributed by atoms with Crippen molar-refractivity contribution < 1.29 is 9.84 Å². The van der Waals surface area contributed by atoms with Crippen LogP contribution in [0.2, 0.25) is 0 Å². The molecule has 1 heterocycles. The van der Waals surface area contributed by atoms with Gasteiger partial charge in [-0.1, -0.05) is 20.8 Å². The molecule has 78 valence electrons. The van der Waals surface area contributed by atoms with Crippen LogP contribution in [-0.4, -0.2) is 36.5 Å². The molecule has 0 aromatic heterocycles. The van der Waals surface area contributed by atoms with E-state index in [-0.39, 0.29) is 12.1 Å². The summed E-state index contributed by atoms with van der Waals surface area (Å²) in [6.07, 6.45) is 0.772. The number of hydrogen-bond donors (Lipinski definition) is 2. The molecule has 1 aliphatic heterocycles. The van der Waals surface area contributed by atoms with Crippen LogP contribution in [0.15, 0.2) is 0 Å². The summed E-state index contributed by atoms with van der Waals surface area (Å²) in [4.78, 5) is 0. The van der Waals surface area contributed by atoms with Crippen molar-refractivity contribution in [3.63, 3.8) is 0 Å². The summed E-state index contributed by atoms with van der Waals surface area (Å²) in [5.41, 5.74) is 0. The fraction of sp³-hybridized carbons (Fsp3) is 1.00. The lowest BCUT2D eigenvalue weighted by Gasteiger charge is -2.25. The molecule has 1 aliphatic rings. The van der Waals surface area contributed by atoms with Crippen LogP contribution in [0.25, 0.3) is 0 Å². The monoisotopic (exact) mass is 187 g/mol. The van der Waals surface area contributed by atoms with E-state index in [4.69, 9.17) is 4.74 Å². The molecule has 3 unspecified atom stereocenters. The van der Waals surface area contributed by atoms with Crippen LogP contribution in [-0.2, 0) is 4.74 Å². The second-order valence-electron chi connectivity index (χ2n) is 4.14. The van der Waals surface area contributed by atoms with Gasteiger partial charge in [-0.3, -0.25) is 0 Å². The van der Waals surface area contributed by atoms with Crippen LogP contribution in [0.1, 0.15) is 27.2 Å². The van der Waals surface area contributed by atoms with Gasteiger partial charge in [0.2, 0.25) is 0 Å². The molecule has 1 rings (SSSR count). The topological polar surface area (TPSA) is 41.5 Å². The Hall–Kier alpha value is -0.120. The predicted octanol–water partition coefficient (Wildman–Crippen LogP) is 0.770. The zero-order valence-corrected chi connectivity index (χ0v) is 8.79. The Morgan fingerprint density at radius 3 is 2.54 bits per heavy atom. The number of ether oxygens (including phenoxy) is 1. The Bertz CT molecular complexity index is 150. The number of nitrogens with one attached hydrogen (secondary N) is 1. The van der Waals surface area contributed by atoms with Crippen molar-refractivity contribution in [1.29, 1.82) is 0 Å². The van der Waals surface area contributed by atoms with Gasteiger partial charge in [0.15, 0.2) is 0 Å². The molecule has 0 aromatic carbocycles. The lowest BCUT2D eigenvalue weighted by atomic mass is 10.0. The van der Waals surface area contributed by atoms with Crippen LogP contribution in [0, 0.1) is 5.92 Å². The maximum atomic E-state index is 9.53. The lowest BCUT2D eigenvalue weighted by Crippen LogP contribution is -2.46. The normalized spacial score (nSPS) is 31.2. The Labute approximate surface area is 80.5 Å². The molecule has 3 atom stereocenters. The molecular formula is C10H21NO2. The summed E-state index contributed by atoms with van der Waals surface area (Å²) < 4.78 is 5.18. The minimum absolute atomic E-state index is 0.132. The molecule has 0 bridgehead atoms. The maximum Gasteiger partial charge on any atom is 0.0948 e. The number of aliphatic hydroxyl groups is 1. The van der Waals surface area contributed by atoms with Crippen molar-refractivity contribution >= 4 is 0 Å². The molecule has 0 saturated carbocycles. The van der Waals surface area contributed by atoms with E-state index >= 15 is 0 Å². The standard InChI is InChI=1S/C10H21NO2/c1-4-8(7(2)3)11-9-5-13-6-10(9)12/h7-12H,4-6H2,1-3H3. The van der Waals surface area contributed by atoms with Crippen molar-refractivity contribution in [2.75, 3.05) is 13.2 Å². The highest BCUT2D eigenvalue weighted by atomic mass is 16.5. The third-order valence-corrected chi connectivity index (χ3v) is 2.72. The van der Waals surface area contributed by atoms with Gasteiger partial charge in [-0.2, -0.15) is 0 Å². The van der Waals surface area contributed by atoms with Crippen molar-refractivity contribution in [3.8, 4) is 0 Å². The summed E-state index contributed by atoms with van der Waals surface area (Å²) in [6, 6.07) is 0.619. The van der Waals surface area contributed by atoms with E-state index < -0.39 is 0 Å². The van der Waals surface area contributed by atoms with Crippen LogP contribution in [0.4, 0.5) is 0 Å². The summed E-state index contributed by atoms with van der Waals surface area (Å²) in [6.45, 7) is 7.68. The molecule has 3 heteroatoms. The first-order chi connectivity index (χ1) is 6.15. The van der Waals surface area contributed by atoms with Crippen LogP contribution >= 0.6 is 0 Å². The van der Waals surface area contributed by atoms with Gasteiger partial charge in [0.25, 0.3) is 0 Å². The summed E-state index contributed by atoms with van der Waals surface area (Å²) in [5.74, 6) is 0.609. The Kier molecular flexibility index (Phi) is 4.16. The van der Waals surface area contributed by atoms with Gasteiger partial charge in [0, 0.05) is 6.04 Å². The lowest BCUT2D eigenvalue weighted by molar-refractivity contribution is 0.120. The average Bonchev–Trinajstić information content (AvgIpc) is 2.46. The van der Waals surface area contributed by atoms with Crippen molar-refractivity contribution in [2.24, 2.45) is 5.92 Å². The fourth-order valence-corrected chi connectivity index (χ4v) is 1.76. The quantitative estimate of drug-likeness (QED) is 0.683. The van der Waals surface area contributed by atoms with Gasteiger partial charge < -0.3 is 15.2 Å². The van der Waals surface area contributed by atoms with Gasteiger partial charge in [-0.15, -0.1) is 0 Å². The van der Waals surface area contributed by atoms with Gasteiger partial charge in [-0.25, -0.2) is 0 Å². The Morgan fingerprint density at radius 2 is 2.15 bits per heavy atom. The fourth-order valence-electron chi connectivity index (χ4n) is 1.76. The van der Waals surface area contributed by atoms with Crippen LogP contribution < -0.4 is 5.32 Å². The molecule has 0 aliphatic carbocycles. The Balaban J connectivity index is 2.36. The van der Waals surface area contributed by atoms with E-state index in [1.165, 1.54) is 0 Å². The van der Waals surface area contributed by atoms with Crippen molar-refractivity contribution in [1.82, 2.24) is 5.32 Å². The summed E-state index contributed by atoms with van der Waals surface area (Å²) in [5, 5.41) is 13.0. The second kappa shape index (κ2) is 4.94. The zero-order chi connectivity index (χ0) is 9.84.